The fraction of sp³-hybridized carbons (Fsp3) is 0.357. The van der Waals surface area contributed by atoms with Crippen molar-refractivity contribution < 1.29 is 4.79 Å². The predicted molar refractivity (Wildman–Crippen MR) is 152 cm³/mol. The van der Waals surface area contributed by atoms with Crippen LogP contribution in [-0.4, -0.2) is 25.2 Å². The molecule has 0 heterocycles. The highest BCUT2D eigenvalue weighted by atomic mass is 35.5. The van der Waals surface area contributed by atoms with Crippen LogP contribution in [0.1, 0.15) is 64.5 Å². The molecule has 0 aliphatic heterocycles. The fourth-order valence-corrected chi connectivity index (χ4v) is 4.42. The number of hydrogen-bond acceptors (Lipinski definition) is 3. The quantitative estimate of drug-likeness (QED) is 0.140. The van der Waals surface area contributed by atoms with E-state index >= 15 is 0 Å². The number of thioether (sulfide) groups is 1. The third-order valence-corrected chi connectivity index (χ3v) is 6.48. The molecule has 0 unspecified atom stereocenters. The molecule has 1 N–H and O–H groups in total. The number of carbonyl (C=O) groups excluding carboxylic acids is 1. The number of allylic oxidation sites excluding steroid dienone is 2. The summed E-state index contributed by atoms with van der Waals surface area (Å²) < 4.78 is 0. The smallest absolute Gasteiger partial charge is 0.223 e. The van der Waals surface area contributed by atoms with Gasteiger partial charge < -0.3 is 5.32 Å². The number of carbonyl (C=O) groups is 1. The lowest BCUT2D eigenvalue weighted by Crippen LogP contribution is -2.23. The van der Waals surface area contributed by atoms with Gasteiger partial charge in [-0.25, -0.2) is 0 Å². The van der Waals surface area contributed by atoms with Crippen LogP contribution in [-0.2, 0) is 4.79 Å². The van der Waals surface area contributed by atoms with Crippen molar-refractivity contribution in [3.8, 4) is 0 Å². The largest absolute Gasteiger partial charge is 0.356 e. The minimum atomic E-state index is 0.0518. The van der Waals surface area contributed by atoms with Crippen molar-refractivity contribution in [3.63, 3.8) is 0 Å². The maximum Gasteiger partial charge on any atom is 0.223 e. The van der Waals surface area contributed by atoms with E-state index in [1.165, 1.54) is 0 Å². The Labute approximate surface area is 219 Å². The number of nitrogens with zero attached hydrogens (tertiary/aromatic N) is 1. The molecule has 2 rings (SSSR count). The summed E-state index contributed by atoms with van der Waals surface area (Å²) in [6.45, 7) is 8.95. The summed E-state index contributed by atoms with van der Waals surface area (Å²) in [7, 11) is 1.78. The van der Waals surface area contributed by atoms with E-state index in [4.69, 9.17) is 23.2 Å². The molecule has 0 fully saturated rings. The Hall–Kier alpha value is -2.01. The van der Waals surface area contributed by atoms with Crippen LogP contribution >= 0.6 is 35.0 Å². The molecule has 0 aliphatic rings. The third kappa shape index (κ3) is 10.1. The van der Waals surface area contributed by atoms with Gasteiger partial charge in [0.25, 0.3) is 0 Å². The number of hydrogen-bond donors (Lipinski definition) is 1. The summed E-state index contributed by atoms with van der Waals surface area (Å²) in [6.07, 6.45) is 9.45. The third-order valence-electron chi connectivity index (χ3n) is 4.63. The molecule has 184 valence electrons. The van der Waals surface area contributed by atoms with E-state index in [-0.39, 0.29) is 5.91 Å². The van der Waals surface area contributed by atoms with Gasteiger partial charge in [-0.3, -0.25) is 9.79 Å². The second-order valence-electron chi connectivity index (χ2n) is 7.12. The van der Waals surface area contributed by atoms with E-state index in [0.29, 0.717) is 16.5 Å². The Morgan fingerprint density at radius 2 is 1.82 bits per heavy atom. The minimum Gasteiger partial charge on any atom is -0.356 e. The molecule has 0 radical (unpaired) electrons. The molecule has 0 aliphatic carbocycles. The van der Waals surface area contributed by atoms with Crippen LogP contribution in [0.3, 0.4) is 0 Å². The van der Waals surface area contributed by atoms with Crippen molar-refractivity contribution in [3.05, 3.63) is 86.8 Å². The molecule has 2 aromatic rings. The number of rotatable bonds is 11. The van der Waals surface area contributed by atoms with Gasteiger partial charge in [-0.1, -0.05) is 112 Å². The molecule has 0 bridgehead atoms. The molecule has 6 heteroatoms. The van der Waals surface area contributed by atoms with Gasteiger partial charge in [0.05, 0.1) is 15.8 Å². The Morgan fingerprint density at radius 1 is 1.09 bits per heavy atom. The standard InChI is InChI=1S/C26H30Cl2N2OS.C2H6/c1-4-6-17-30-25(31)14-9-11-20(10-5-2)32-24-13-8-7-12-21(24)26(29-3)19-15-16-22(27)23(28)18-19;1-2/h7-13,15-16,18H,4-6,14,17H2,1-3H3,(H,30,31);1-2H3/b11-9-,20-10+,29-26?;. The van der Waals surface area contributed by atoms with Gasteiger partial charge >= 0.3 is 0 Å². The topological polar surface area (TPSA) is 41.5 Å². The Balaban J connectivity index is 0.00000281. The van der Waals surface area contributed by atoms with E-state index in [9.17, 15) is 4.79 Å². The van der Waals surface area contributed by atoms with Crippen LogP contribution in [0.5, 0.6) is 0 Å². The Bertz CT molecular complexity index is 1000. The molecule has 2 aromatic carbocycles. The zero-order valence-corrected chi connectivity index (χ0v) is 23.2. The average molecular weight is 520 g/mol. The van der Waals surface area contributed by atoms with Crippen LogP contribution in [0, 0.1) is 0 Å². The molecular weight excluding hydrogens is 483 g/mol. The van der Waals surface area contributed by atoms with E-state index in [1.807, 2.05) is 50.3 Å². The average Bonchev–Trinajstić information content (AvgIpc) is 2.84. The Kier molecular flexibility index (Phi) is 15.4. The number of amides is 1. The maximum atomic E-state index is 12.0. The lowest BCUT2D eigenvalue weighted by molar-refractivity contribution is -0.120. The lowest BCUT2D eigenvalue weighted by Gasteiger charge is -2.13. The second kappa shape index (κ2) is 17.4. The molecular formula is C28H36Cl2N2OS. The molecule has 0 saturated heterocycles. The van der Waals surface area contributed by atoms with Crippen molar-refractivity contribution in [2.24, 2.45) is 4.99 Å². The van der Waals surface area contributed by atoms with Crippen LogP contribution < -0.4 is 5.32 Å². The summed E-state index contributed by atoms with van der Waals surface area (Å²) in [5, 5.41) is 3.97. The number of aliphatic imine (C=N–C) groups is 1. The van der Waals surface area contributed by atoms with Crippen LogP contribution in [0.25, 0.3) is 0 Å². The van der Waals surface area contributed by atoms with Gasteiger partial charge in [0.1, 0.15) is 0 Å². The number of nitrogens with one attached hydrogen (secondary N) is 1. The van der Waals surface area contributed by atoms with Gasteiger partial charge in [-0.2, -0.15) is 0 Å². The number of unbranched alkanes of at least 4 members (excludes halogenated alkanes) is 1. The van der Waals surface area contributed by atoms with Crippen molar-refractivity contribution in [1.29, 1.82) is 0 Å². The van der Waals surface area contributed by atoms with Crippen LogP contribution in [0.2, 0.25) is 10.0 Å². The van der Waals surface area contributed by atoms with Gasteiger partial charge in [-0.05, 0) is 31.0 Å². The molecule has 1 amide bonds. The number of halogens is 2. The summed E-state index contributed by atoms with van der Waals surface area (Å²) in [5.74, 6) is 0.0518. The molecule has 0 spiro atoms. The van der Waals surface area contributed by atoms with Crippen molar-refractivity contribution in [2.75, 3.05) is 13.6 Å². The van der Waals surface area contributed by atoms with E-state index in [1.54, 1.807) is 24.9 Å². The number of benzene rings is 2. The first kappa shape index (κ1) is 30.0. The molecule has 34 heavy (non-hydrogen) atoms. The van der Waals surface area contributed by atoms with Gasteiger partial charge in [0.2, 0.25) is 5.91 Å². The first-order valence-electron chi connectivity index (χ1n) is 11.8. The molecule has 3 nitrogen and oxygen atoms in total. The molecule has 0 aromatic heterocycles. The highest BCUT2D eigenvalue weighted by molar-refractivity contribution is 8.03. The zero-order valence-electron chi connectivity index (χ0n) is 20.8. The van der Waals surface area contributed by atoms with Crippen LogP contribution in [0.4, 0.5) is 0 Å². The van der Waals surface area contributed by atoms with E-state index < -0.39 is 0 Å². The van der Waals surface area contributed by atoms with Crippen molar-refractivity contribution in [1.82, 2.24) is 5.32 Å². The maximum absolute atomic E-state index is 12.0. The van der Waals surface area contributed by atoms with Gasteiger partial charge in [0.15, 0.2) is 0 Å². The summed E-state index contributed by atoms with van der Waals surface area (Å²) in [5.41, 5.74) is 2.78. The Morgan fingerprint density at radius 3 is 2.47 bits per heavy atom. The first-order chi connectivity index (χ1) is 16.5. The highest BCUT2D eigenvalue weighted by Gasteiger charge is 2.13. The van der Waals surface area contributed by atoms with Crippen LogP contribution in [0.15, 0.2) is 75.5 Å². The van der Waals surface area contributed by atoms with Gasteiger partial charge in [-0.15, -0.1) is 0 Å². The van der Waals surface area contributed by atoms with Gasteiger partial charge in [0, 0.05) is 40.9 Å². The first-order valence-corrected chi connectivity index (χ1v) is 13.4. The minimum absolute atomic E-state index is 0.0518. The van der Waals surface area contributed by atoms with E-state index in [0.717, 1.165) is 52.4 Å². The SMILES string of the molecule is CC.CC/C=C(\C=C/CC(=O)NCCCC)Sc1ccccc1C(=NC)c1ccc(Cl)c(Cl)c1. The fourth-order valence-electron chi connectivity index (χ4n) is 3.03. The lowest BCUT2D eigenvalue weighted by atomic mass is 10.0. The summed E-state index contributed by atoms with van der Waals surface area (Å²) in [4.78, 5) is 18.7. The highest BCUT2D eigenvalue weighted by Crippen LogP contribution is 2.33. The molecule has 0 saturated carbocycles. The zero-order chi connectivity index (χ0) is 25.3. The van der Waals surface area contributed by atoms with Crippen molar-refractivity contribution >= 4 is 46.6 Å². The summed E-state index contributed by atoms with van der Waals surface area (Å²) >= 11 is 14.0. The monoisotopic (exact) mass is 518 g/mol. The van der Waals surface area contributed by atoms with Crippen molar-refractivity contribution in [2.45, 2.75) is 58.3 Å². The predicted octanol–water partition coefficient (Wildman–Crippen LogP) is 8.74. The van der Waals surface area contributed by atoms with E-state index in [2.05, 4.69) is 42.4 Å². The second-order valence-corrected chi connectivity index (χ2v) is 9.05. The molecule has 0 atom stereocenters. The normalized spacial score (nSPS) is 11.9. The summed E-state index contributed by atoms with van der Waals surface area (Å²) in [6, 6.07) is 13.7.